The first-order chi connectivity index (χ1) is 16.6. The minimum Gasteiger partial charge on any atom is -0.460 e. The quantitative estimate of drug-likeness (QED) is 0.396. The van der Waals surface area contributed by atoms with Crippen LogP contribution >= 0.6 is 0 Å². The third-order valence-electron chi connectivity index (χ3n) is 5.30. The number of hydrogen-bond acceptors (Lipinski definition) is 7. The molecule has 0 aliphatic carbocycles. The topological polar surface area (TPSA) is 131 Å². The maximum absolute atomic E-state index is 13.1. The zero-order valence-corrected chi connectivity index (χ0v) is 20.6. The molecule has 9 nitrogen and oxygen atoms in total. The highest BCUT2D eigenvalue weighted by Crippen LogP contribution is 2.24. The summed E-state index contributed by atoms with van der Waals surface area (Å²) < 4.78 is 11.2. The average Bonchev–Trinajstić information content (AvgIpc) is 2.79. The number of nitrogens with one attached hydrogen (secondary N) is 2. The van der Waals surface area contributed by atoms with E-state index >= 15 is 0 Å². The predicted octanol–water partition coefficient (Wildman–Crippen LogP) is 2.20. The second-order valence-corrected chi connectivity index (χ2v) is 9.49. The second kappa shape index (κ2) is 13.6. The zero-order valence-electron chi connectivity index (χ0n) is 20.6. The van der Waals surface area contributed by atoms with Gasteiger partial charge in [0.2, 0.25) is 11.8 Å². The largest absolute Gasteiger partial charge is 0.460 e. The van der Waals surface area contributed by atoms with E-state index in [4.69, 9.17) is 14.6 Å². The van der Waals surface area contributed by atoms with Gasteiger partial charge in [0.25, 0.3) is 0 Å². The summed E-state index contributed by atoms with van der Waals surface area (Å²) in [5.74, 6) is -3.12. The van der Waals surface area contributed by atoms with Gasteiger partial charge < -0.3 is 25.2 Å². The standard InChI is InChI=1S/C26H36N2O7/c1-26(2,3)35-23(31)16-20-12-8-7-11-19(15-22(30)27-13-14-29)24(32)28-17-21(34-25(20)33)18-9-5-4-6-10-18/h4-10,19-21,29H,11-17H2,1-3H3,(H,27,30)(H,28,32)/b8-7-/t19-,20+,21+/m1/s1. The molecule has 3 atom stereocenters. The van der Waals surface area contributed by atoms with Crippen molar-refractivity contribution >= 4 is 23.8 Å². The van der Waals surface area contributed by atoms with Crippen molar-refractivity contribution in [2.75, 3.05) is 19.7 Å². The normalized spacial score (nSPS) is 22.6. The molecule has 0 spiro atoms. The van der Waals surface area contributed by atoms with Gasteiger partial charge in [0.15, 0.2) is 0 Å². The fraction of sp³-hybridized carbons (Fsp3) is 0.538. The van der Waals surface area contributed by atoms with Gasteiger partial charge in [-0.15, -0.1) is 0 Å². The molecule has 192 valence electrons. The highest BCUT2D eigenvalue weighted by molar-refractivity contribution is 5.86. The van der Waals surface area contributed by atoms with Crippen LogP contribution in [0.5, 0.6) is 0 Å². The van der Waals surface area contributed by atoms with Crippen LogP contribution < -0.4 is 10.6 Å². The summed E-state index contributed by atoms with van der Waals surface area (Å²) in [6.45, 7) is 5.22. The number of benzene rings is 1. The number of cyclic esters (lactones) is 1. The Morgan fingerprint density at radius 3 is 2.37 bits per heavy atom. The van der Waals surface area contributed by atoms with E-state index in [0.717, 1.165) is 0 Å². The van der Waals surface area contributed by atoms with Crippen LogP contribution in [0, 0.1) is 11.8 Å². The third-order valence-corrected chi connectivity index (χ3v) is 5.30. The first kappa shape index (κ1) is 28.0. The molecule has 1 aromatic rings. The fourth-order valence-electron chi connectivity index (χ4n) is 3.61. The second-order valence-electron chi connectivity index (χ2n) is 9.49. The summed E-state index contributed by atoms with van der Waals surface area (Å²) >= 11 is 0. The van der Waals surface area contributed by atoms with Gasteiger partial charge in [0.05, 0.1) is 31.4 Å². The van der Waals surface area contributed by atoms with Crippen molar-refractivity contribution in [3.8, 4) is 0 Å². The molecule has 0 unspecified atom stereocenters. The monoisotopic (exact) mass is 488 g/mol. The van der Waals surface area contributed by atoms with E-state index in [1.807, 2.05) is 6.07 Å². The van der Waals surface area contributed by atoms with Crippen molar-refractivity contribution < 1.29 is 33.8 Å². The first-order valence-electron chi connectivity index (χ1n) is 11.9. The summed E-state index contributed by atoms with van der Waals surface area (Å²) in [4.78, 5) is 50.5. The van der Waals surface area contributed by atoms with Crippen molar-refractivity contribution in [1.82, 2.24) is 10.6 Å². The summed E-state index contributed by atoms with van der Waals surface area (Å²) in [7, 11) is 0. The number of rotatable bonds is 7. The smallest absolute Gasteiger partial charge is 0.310 e. The Bertz CT molecular complexity index is 893. The van der Waals surface area contributed by atoms with Crippen molar-refractivity contribution in [3.63, 3.8) is 0 Å². The summed E-state index contributed by atoms with van der Waals surface area (Å²) in [6, 6.07) is 9.01. The summed E-state index contributed by atoms with van der Waals surface area (Å²) in [5.41, 5.74) is 0.0186. The van der Waals surface area contributed by atoms with E-state index in [1.54, 1.807) is 57.2 Å². The predicted molar refractivity (Wildman–Crippen MR) is 129 cm³/mol. The number of amides is 2. The maximum Gasteiger partial charge on any atom is 0.310 e. The summed E-state index contributed by atoms with van der Waals surface area (Å²) in [6.07, 6.45) is 3.01. The molecule has 1 aromatic carbocycles. The molecule has 9 heteroatoms. The average molecular weight is 489 g/mol. The number of allylic oxidation sites excluding steroid dienone is 2. The van der Waals surface area contributed by atoms with Crippen molar-refractivity contribution in [1.29, 1.82) is 0 Å². The van der Waals surface area contributed by atoms with Gasteiger partial charge in [-0.05, 0) is 39.2 Å². The number of carbonyl (C=O) groups excluding carboxylic acids is 4. The number of carbonyl (C=O) groups is 4. The Labute approximate surface area is 206 Å². The van der Waals surface area contributed by atoms with E-state index in [1.165, 1.54) is 0 Å². The third kappa shape index (κ3) is 10.3. The Morgan fingerprint density at radius 1 is 1.09 bits per heavy atom. The van der Waals surface area contributed by atoms with Crippen LogP contribution in [0.4, 0.5) is 0 Å². The molecule has 0 radical (unpaired) electrons. The van der Waals surface area contributed by atoms with Gasteiger partial charge in [0, 0.05) is 13.0 Å². The van der Waals surface area contributed by atoms with Crippen molar-refractivity contribution in [2.45, 2.75) is 58.2 Å². The highest BCUT2D eigenvalue weighted by atomic mass is 16.6. The lowest BCUT2D eigenvalue weighted by Gasteiger charge is -2.25. The van der Waals surface area contributed by atoms with Crippen molar-refractivity contribution in [3.05, 3.63) is 48.0 Å². The highest BCUT2D eigenvalue weighted by Gasteiger charge is 2.30. The molecule has 0 aromatic heterocycles. The van der Waals surface area contributed by atoms with E-state index in [9.17, 15) is 19.2 Å². The molecule has 2 amide bonds. The molecule has 35 heavy (non-hydrogen) atoms. The minimum absolute atomic E-state index is 0.0201. The van der Waals surface area contributed by atoms with Crippen molar-refractivity contribution in [2.24, 2.45) is 11.8 Å². The van der Waals surface area contributed by atoms with Crippen LogP contribution in [0.1, 0.15) is 58.1 Å². The molecule has 1 aliphatic rings. The van der Waals surface area contributed by atoms with Gasteiger partial charge in [-0.2, -0.15) is 0 Å². The van der Waals surface area contributed by atoms with E-state index < -0.39 is 35.5 Å². The van der Waals surface area contributed by atoms with Gasteiger partial charge in [-0.1, -0.05) is 42.5 Å². The van der Waals surface area contributed by atoms with E-state index in [-0.39, 0.29) is 57.2 Å². The Balaban J connectivity index is 2.25. The van der Waals surface area contributed by atoms with Crippen LogP contribution in [-0.2, 0) is 28.7 Å². The first-order valence-corrected chi connectivity index (χ1v) is 11.9. The number of aliphatic hydroxyl groups excluding tert-OH is 1. The van der Waals surface area contributed by atoms with Crippen LogP contribution in [0.15, 0.2) is 42.5 Å². The van der Waals surface area contributed by atoms with Crippen LogP contribution in [0.2, 0.25) is 0 Å². The van der Waals surface area contributed by atoms with E-state index in [2.05, 4.69) is 10.6 Å². The molecule has 1 aliphatic heterocycles. The van der Waals surface area contributed by atoms with E-state index in [0.29, 0.717) is 5.56 Å². The molecule has 0 saturated carbocycles. The molecular weight excluding hydrogens is 452 g/mol. The number of esters is 2. The minimum atomic E-state index is -0.763. The Morgan fingerprint density at radius 2 is 1.74 bits per heavy atom. The number of ether oxygens (including phenoxy) is 2. The SMILES string of the molecule is CC(C)(C)OC(=O)C[C@@H]1C/C=C\C[C@H](CC(=O)NCCO)C(=O)NC[C@@H](c2ccccc2)OC1=O. The van der Waals surface area contributed by atoms with Crippen LogP contribution in [-0.4, -0.2) is 54.2 Å². The summed E-state index contributed by atoms with van der Waals surface area (Å²) in [5, 5.41) is 14.3. The molecule has 0 saturated heterocycles. The molecular formula is C26H36N2O7. The van der Waals surface area contributed by atoms with Gasteiger partial charge >= 0.3 is 11.9 Å². The lowest BCUT2D eigenvalue weighted by molar-refractivity contribution is -0.164. The molecule has 1 heterocycles. The molecule has 0 bridgehead atoms. The molecule has 3 N–H and O–H groups in total. The maximum atomic E-state index is 13.1. The van der Waals surface area contributed by atoms with Gasteiger partial charge in [-0.25, -0.2) is 0 Å². The van der Waals surface area contributed by atoms with Crippen LogP contribution in [0.3, 0.4) is 0 Å². The number of aliphatic hydroxyl groups is 1. The number of hydrogen-bond donors (Lipinski definition) is 3. The van der Waals surface area contributed by atoms with Crippen LogP contribution in [0.25, 0.3) is 0 Å². The Kier molecular flexibility index (Phi) is 10.9. The Hall–Kier alpha value is -3.20. The van der Waals surface area contributed by atoms with Gasteiger partial charge in [-0.3, -0.25) is 19.2 Å². The van der Waals surface area contributed by atoms with Gasteiger partial charge in [0.1, 0.15) is 11.7 Å². The molecule has 0 fully saturated rings. The lowest BCUT2D eigenvalue weighted by atomic mass is 9.96. The zero-order chi connectivity index (χ0) is 25.8. The lowest BCUT2D eigenvalue weighted by Crippen LogP contribution is -2.38. The fourth-order valence-corrected chi connectivity index (χ4v) is 3.61. The molecule has 2 rings (SSSR count).